The lowest BCUT2D eigenvalue weighted by molar-refractivity contribution is 0.171. The SMILES string of the molecule is Nc1cc(-c2ccc(Br)c3c2OCCO3)[nH]n1. The minimum Gasteiger partial charge on any atom is -0.485 e. The number of hydrogen-bond donors (Lipinski definition) is 2. The number of ether oxygens (including phenoxy) is 2. The molecule has 2 aromatic rings. The van der Waals surface area contributed by atoms with Crippen LogP contribution in [0.25, 0.3) is 11.3 Å². The molecule has 0 saturated heterocycles. The number of nitrogens with zero attached hydrogens (tertiary/aromatic N) is 1. The van der Waals surface area contributed by atoms with E-state index in [1.54, 1.807) is 6.07 Å². The molecule has 1 aromatic heterocycles. The molecule has 3 N–H and O–H groups in total. The van der Waals surface area contributed by atoms with Crippen molar-refractivity contribution in [2.75, 3.05) is 18.9 Å². The van der Waals surface area contributed by atoms with E-state index in [4.69, 9.17) is 15.2 Å². The molecule has 0 radical (unpaired) electrons. The van der Waals surface area contributed by atoms with E-state index in [0.29, 0.717) is 24.8 Å². The minimum atomic E-state index is 0.452. The molecule has 0 saturated carbocycles. The highest BCUT2D eigenvalue weighted by Gasteiger charge is 2.20. The second kappa shape index (κ2) is 3.96. The molecule has 0 atom stereocenters. The van der Waals surface area contributed by atoms with Gasteiger partial charge < -0.3 is 15.2 Å². The van der Waals surface area contributed by atoms with Crippen LogP contribution in [0.5, 0.6) is 11.5 Å². The molecule has 0 amide bonds. The number of nitrogens with two attached hydrogens (primary N) is 1. The topological polar surface area (TPSA) is 73.2 Å². The van der Waals surface area contributed by atoms with Gasteiger partial charge in [-0.05, 0) is 28.1 Å². The highest BCUT2D eigenvalue weighted by Crippen LogP contribution is 2.44. The molecule has 88 valence electrons. The predicted octanol–water partition coefficient (Wildman–Crippen LogP) is 2.19. The van der Waals surface area contributed by atoms with Gasteiger partial charge in [0.15, 0.2) is 11.5 Å². The molecular weight excluding hydrogens is 286 g/mol. The highest BCUT2D eigenvalue weighted by atomic mass is 79.9. The smallest absolute Gasteiger partial charge is 0.176 e. The van der Waals surface area contributed by atoms with Gasteiger partial charge in [0.2, 0.25) is 0 Å². The molecule has 0 aliphatic carbocycles. The number of aromatic amines is 1. The van der Waals surface area contributed by atoms with Crippen LogP contribution in [-0.2, 0) is 0 Å². The fourth-order valence-corrected chi connectivity index (χ4v) is 2.22. The van der Waals surface area contributed by atoms with Crippen LogP contribution in [0.2, 0.25) is 0 Å². The largest absolute Gasteiger partial charge is 0.485 e. The zero-order valence-corrected chi connectivity index (χ0v) is 10.5. The lowest BCUT2D eigenvalue weighted by Crippen LogP contribution is -2.16. The van der Waals surface area contributed by atoms with Crippen LogP contribution < -0.4 is 15.2 Å². The average Bonchev–Trinajstić information content (AvgIpc) is 2.77. The average molecular weight is 296 g/mol. The van der Waals surface area contributed by atoms with Crippen LogP contribution in [0.15, 0.2) is 22.7 Å². The Balaban J connectivity index is 2.17. The summed E-state index contributed by atoms with van der Waals surface area (Å²) in [6.07, 6.45) is 0. The van der Waals surface area contributed by atoms with Crippen molar-refractivity contribution < 1.29 is 9.47 Å². The van der Waals surface area contributed by atoms with Crippen LogP contribution in [0.3, 0.4) is 0 Å². The van der Waals surface area contributed by atoms with Gasteiger partial charge in [-0.3, -0.25) is 5.10 Å². The molecule has 1 aromatic carbocycles. The Morgan fingerprint density at radius 2 is 2.00 bits per heavy atom. The third-order valence-electron chi connectivity index (χ3n) is 2.53. The van der Waals surface area contributed by atoms with Crippen molar-refractivity contribution in [2.24, 2.45) is 0 Å². The first-order chi connectivity index (χ1) is 8.25. The number of fused-ring (bicyclic) bond motifs is 1. The number of benzene rings is 1. The maximum Gasteiger partial charge on any atom is 0.176 e. The van der Waals surface area contributed by atoms with E-state index in [9.17, 15) is 0 Å². The summed E-state index contributed by atoms with van der Waals surface area (Å²) in [7, 11) is 0. The monoisotopic (exact) mass is 295 g/mol. The Morgan fingerprint density at radius 3 is 2.71 bits per heavy atom. The zero-order valence-electron chi connectivity index (χ0n) is 8.87. The Hall–Kier alpha value is -1.69. The Labute approximate surface area is 106 Å². The summed E-state index contributed by atoms with van der Waals surface area (Å²) < 4.78 is 12.1. The summed E-state index contributed by atoms with van der Waals surface area (Å²) in [5.41, 5.74) is 7.31. The number of halogens is 1. The maximum absolute atomic E-state index is 5.66. The Morgan fingerprint density at radius 1 is 1.24 bits per heavy atom. The Kier molecular flexibility index (Phi) is 2.44. The standard InChI is InChI=1S/C11H10BrN3O2/c12-7-2-1-6(8-5-9(13)15-14-8)10-11(7)17-4-3-16-10/h1-2,5H,3-4H2,(H3,13,14,15). The fraction of sp³-hybridized carbons (Fsp3) is 0.182. The highest BCUT2D eigenvalue weighted by molar-refractivity contribution is 9.10. The van der Waals surface area contributed by atoms with Gasteiger partial charge in [0, 0.05) is 11.6 Å². The first kappa shape index (κ1) is 10.5. The molecule has 0 spiro atoms. The van der Waals surface area contributed by atoms with E-state index in [0.717, 1.165) is 21.5 Å². The second-order valence-electron chi connectivity index (χ2n) is 3.66. The fourth-order valence-electron chi connectivity index (χ4n) is 1.79. The zero-order chi connectivity index (χ0) is 11.8. The van der Waals surface area contributed by atoms with E-state index in [1.807, 2.05) is 12.1 Å². The number of rotatable bonds is 1. The molecule has 5 nitrogen and oxygen atoms in total. The first-order valence-electron chi connectivity index (χ1n) is 5.15. The third-order valence-corrected chi connectivity index (χ3v) is 3.15. The normalized spacial score (nSPS) is 13.7. The van der Waals surface area contributed by atoms with E-state index in [1.165, 1.54) is 0 Å². The number of H-pyrrole nitrogens is 1. The van der Waals surface area contributed by atoms with Crippen molar-refractivity contribution >= 4 is 21.7 Å². The molecule has 6 heteroatoms. The number of anilines is 1. The van der Waals surface area contributed by atoms with E-state index in [2.05, 4.69) is 26.1 Å². The molecule has 1 aliphatic rings. The maximum atomic E-state index is 5.66. The second-order valence-corrected chi connectivity index (χ2v) is 4.51. The quantitative estimate of drug-likeness (QED) is 0.846. The van der Waals surface area contributed by atoms with Gasteiger partial charge in [0.1, 0.15) is 19.0 Å². The third kappa shape index (κ3) is 1.74. The van der Waals surface area contributed by atoms with Crippen LogP contribution >= 0.6 is 15.9 Å². The van der Waals surface area contributed by atoms with Gasteiger partial charge in [-0.25, -0.2) is 0 Å². The Bertz CT molecular complexity index is 568. The van der Waals surface area contributed by atoms with Crippen molar-refractivity contribution in [3.63, 3.8) is 0 Å². The first-order valence-corrected chi connectivity index (χ1v) is 5.94. The van der Waals surface area contributed by atoms with Gasteiger partial charge in [0.25, 0.3) is 0 Å². The van der Waals surface area contributed by atoms with Crippen LogP contribution in [0, 0.1) is 0 Å². The minimum absolute atomic E-state index is 0.452. The lowest BCUT2D eigenvalue weighted by atomic mass is 10.1. The summed E-state index contributed by atoms with van der Waals surface area (Å²) in [4.78, 5) is 0. The lowest BCUT2D eigenvalue weighted by Gasteiger charge is -2.21. The van der Waals surface area contributed by atoms with Gasteiger partial charge in [0.05, 0.1) is 10.2 Å². The van der Waals surface area contributed by atoms with Gasteiger partial charge >= 0.3 is 0 Å². The van der Waals surface area contributed by atoms with Crippen molar-refractivity contribution in [1.82, 2.24) is 10.2 Å². The number of nitrogens with one attached hydrogen (secondary N) is 1. The van der Waals surface area contributed by atoms with Crippen LogP contribution in [-0.4, -0.2) is 23.4 Å². The summed E-state index contributed by atoms with van der Waals surface area (Å²) in [5, 5.41) is 6.77. The van der Waals surface area contributed by atoms with Gasteiger partial charge in [-0.1, -0.05) is 0 Å². The number of aromatic nitrogens is 2. The van der Waals surface area contributed by atoms with Crippen molar-refractivity contribution in [3.05, 3.63) is 22.7 Å². The van der Waals surface area contributed by atoms with E-state index in [-0.39, 0.29) is 0 Å². The molecule has 0 unspecified atom stereocenters. The van der Waals surface area contributed by atoms with Gasteiger partial charge in [-0.2, -0.15) is 5.10 Å². The summed E-state index contributed by atoms with van der Waals surface area (Å²) in [6.45, 7) is 1.10. The van der Waals surface area contributed by atoms with Crippen LogP contribution in [0.4, 0.5) is 5.82 Å². The summed E-state index contributed by atoms with van der Waals surface area (Å²) in [6, 6.07) is 5.62. The van der Waals surface area contributed by atoms with Crippen molar-refractivity contribution in [2.45, 2.75) is 0 Å². The predicted molar refractivity (Wildman–Crippen MR) is 67.1 cm³/mol. The summed E-state index contributed by atoms with van der Waals surface area (Å²) >= 11 is 3.44. The van der Waals surface area contributed by atoms with Gasteiger partial charge in [-0.15, -0.1) is 0 Å². The van der Waals surface area contributed by atoms with Crippen molar-refractivity contribution in [3.8, 4) is 22.8 Å². The van der Waals surface area contributed by atoms with Crippen molar-refractivity contribution in [1.29, 1.82) is 0 Å². The molecule has 0 fully saturated rings. The number of hydrogen-bond acceptors (Lipinski definition) is 4. The van der Waals surface area contributed by atoms with E-state index >= 15 is 0 Å². The van der Waals surface area contributed by atoms with Crippen LogP contribution in [0.1, 0.15) is 0 Å². The molecule has 3 rings (SSSR count). The molecule has 2 heterocycles. The molecular formula is C11H10BrN3O2. The molecule has 17 heavy (non-hydrogen) atoms. The molecule has 0 bridgehead atoms. The molecule has 1 aliphatic heterocycles. The number of nitrogen functional groups attached to an aromatic ring is 1. The summed E-state index contributed by atoms with van der Waals surface area (Å²) in [5.74, 6) is 1.89. The van der Waals surface area contributed by atoms with E-state index < -0.39 is 0 Å².